The van der Waals surface area contributed by atoms with Crippen molar-refractivity contribution in [1.82, 2.24) is 14.7 Å². The Morgan fingerprint density at radius 2 is 1.84 bits per heavy atom. The number of aromatic nitrogens is 2. The summed E-state index contributed by atoms with van der Waals surface area (Å²) in [6.07, 6.45) is 4.13. The average molecular weight is 432 g/mol. The maximum absolute atomic E-state index is 10.7. The second-order valence-corrected chi connectivity index (χ2v) is 9.21. The number of nitrogens with zero attached hydrogens (tertiary/aromatic N) is 3. The molecule has 4 rings (SSSR count). The first-order valence-corrected chi connectivity index (χ1v) is 11.3. The van der Waals surface area contributed by atoms with Crippen LogP contribution < -0.4 is 4.74 Å². The second-order valence-electron chi connectivity index (χ2n) is 9.21. The van der Waals surface area contributed by atoms with E-state index in [1.54, 1.807) is 6.08 Å². The van der Waals surface area contributed by atoms with Crippen molar-refractivity contribution in [3.8, 4) is 17.3 Å². The van der Waals surface area contributed by atoms with Gasteiger partial charge in [-0.2, -0.15) is 5.10 Å². The Morgan fingerprint density at radius 3 is 2.47 bits per heavy atom. The van der Waals surface area contributed by atoms with Crippen molar-refractivity contribution in [1.29, 1.82) is 0 Å². The predicted molar refractivity (Wildman–Crippen MR) is 128 cm³/mol. The molecule has 5 nitrogen and oxygen atoms in total. The first-order chi connectivity index (χ1) is 15.3. The minimum absolute atomic E-state index is 0.521. The quantitative estimate of drug-likeness (QED) is 0.435. The van der Waals surface area contributed by atoms with Gasteiger partial charge in [-0.25, -0.2) is 4.68 Å². The molecule has 1 heterocycles. The smallest absolute Gasteiger partial charge is 0.227 e. The Labute approximate surface area is 191 Å². The van der Waals surface area contributed by atoms with E-state index in [9.17, 15) is 5.11 Å². The van der Waals surface area contributed by atoms with Crippen molar-refractivity contribution < 1.29 is 9.84 Å². The molecule has 0 bridgehead atoms. The lowest BCUT2D eigenvalue weighted by atomic mass is 10.1. The van der Waals surface area contributed by atoms with E-state index in [-0.39, 0.29) is 0 Å². The number of aryl methyl sites for hydroxylation is 2. The molecular formula is C27H33N3O2. The number of hydrogen-bond donors (Lipinski definition) is 1. The van der Waals surface area contributed by atoms with Crippen molar-refractivity contribution in [3.63, 3.8) is 0 Å². The van der Waals surface area contributed by atoms with Crippen molar-refractivity contribution in [3.05, 3.63) is 84.1 Å². The number of rotatable bonds is 10. The largest absolute Gasteiger partial charge is 0.439 e. The van der Waals surface area contributed by atoms with Crippen LogP contribution in [0, 0.1) is 19.8 Å². The lowest BCUT2D eigenvalue weighted by Crippen LogP contribution is -2.40. The Balaban J connectivity index is 1.71. The Bertz CT molecular complexity index is 1050. The topological polar surface area (TPSA) is 50.5 Å². The van der Waals surface area contributed by atoms with Crippen LogP contribution in [0.25, 0.3) is 5.69 Å². The van der Waals surface area contributed by atoms with Crippen LogP contribution in [0.15, 0.2) is 67.3 Å². The summed E-state index contributed by atoms with van der Waals surface area (Å²) >= 11 is 0. The third-order valence-electron chi connectivity index (χ3n) is 5.95. The highest BCUT2D eigenvalue weighted by Gasteiger charge is 2.30. The normalized spacial score (nSPS) is 15.5. The lowest BCUT2D eigenvalue weighted by Gasteiger charge is -2.29. The second kappa shape index (κ2) is 9.31. The summed E-state index contributed by atoms with van der Waals surface area (Å²) in [6.45, 7) is 11.8. The zero-order valence-electron chi connectivity index (χ0n) is 19.3. The summed E-state index contributed by atoms with van der Waals surface area (Å²) < 4.78 is 8.32. The van der Waals surface area contributed by atoms with Gasteiger partial charge >= 0.3 is 0 Å². The van der Waals surface area contributed by atoms with Crippen molar-refractivity contribution >= 4 is 0 Å². The van der Waals surface area contributed by atoms with E-state index in [0.717, 1.165) is 35.1 Å². The zero-order valence-corrected chi connectivity index (χ0v) is 19.3. The maximum Gasteiger partial charge on any atom is 0.227 e. The molecule has 1 unspecified atom stereocenters. The monoisotopic (exact) mass is 431 g/mol. The van der Waals surface area contributed by atoms with Gasteiger partial charge in [0.05, 0.1) is 22.5 Å². The fourth-order valence-corrected chi connectivity index (χ4v) is 3.88. The molecule has 2 aromatic carbocycles. The van der Waals surface area contributed by atoms with Gasteiger partial charge in [0, 0.05) is 19.6 Å². The van der Waals surface area contributed by atoms with Crippen LogP contribution in [0.4, 0.5) is 0 Å². The van der Waals surface area contributed by atoms with Crippen molar-refractivity contribution in [2.24, 2.45) is 5.92 Å². The van der Waals surface area contributed by atoms with Crippen molar-refractivity contribution in [2.75, 3.05) is 13.1 Å². The van der Waals surface area contributed by atoms with Crippen LogP contribution in [-0.4, -0.2) is 38.5 Å². The Morgan fingerprint density at radius 1 is 1.16 bits per heavy atom. The number of aliphatic hydroxyl groups is 1. The van der Waals surface area contributed by atoms with Crippen molar-refractivity contribution in [2.45, 2.75) is 45.8 Å². The zero-order chi connectivity index (χ0) is 22.7. The fourth-order valence-electron chi connectivity index (χ4n) is 3.88. The number of hydrogen-bond acceptors (Lipinski definition) is 4. The summed E-state index contributed by atoms with van der Waals surface area (Å²) in [6, 6.07) is 18.1. The number of para-hydroxylation sites is 1. The molecule has 1 aromatic heterocycles. The summed E-state index contributed by atoms with van der Waals surface area (Å²) in [7, 11) is 0. The molecule has 0 spiro atoms. The van der Waals surface area contributed by atoms with E-state index in [1.165, 1.54) is 18.4 Å². The van der Waals surface area contributed by atoms with E-state index in [2.05, 4.69) is 18.4 Å². The van der Waals surface area contributed by atoms with E-state index in [1.807, 2.05) is 73.1 Å². The molecule has 1 atom stereocenters. The van der Waals surface area contributed by atoms with Gasteiger partial charge in [-0.1, -0.05) is 42.0 Å². The molecule has 0 amide bonds. The third-order valence-corrected chi connectivity index (χ3v) is 5.95. The minimum atomic E-state index is -0.948. The van der Waals surface area contributed by atoms with Gasteiger partial charge in [0.15, 0.2) is 0 Å². The van der Waals surface area contributed by atoms with Gasteiger partial charge in [0.1, 0.15) is 5.75 Å². The molecule has 1 fully saturated rings. The van der Waals surface area contributed by atoms with Crippen LogP contribution in [-0.2, 0) is 6.54 Å². The van der Waals surface area contributed by atoms with Gasteiger partial charge in [-0.05, 0) is 63.8 Å². The molecule has 5 heteroatoms. The van der Waals surface area contributed by atoms with E-state index in [0.29, 0.717) is 19.0 Å². The van der Waals surface area contributed by atoms with Gasteiger partial charge < -0.3 is 9.84 Å². The molecule has 1 N–H and O–H groups in total. The molecular weight excluding hydrogens is 398 g/mol. The molecule has 0 radical (unpaired) electrons. The summed E-state index contributed by atoms with van der Waals surface area (Å²) in [5.74, 6) is 2.19. The highest BCUT2D eigenvalue weighted by molar-refractivity contribution is 5.43. The molecule has 1 aliphatic rings. The Kier molecular flexibility index (Phi) is 6.49. The highest BCUT2D eigenvalue weighted by atomic mass is 16.5. The molecule has 1 saturated carbocycles. The van der Waals surface area contributed by atoms with Crippen LogP contribution in [0.3, 0.4) is 0 Å². The highest BCUT2D eigenvalue weighted by Crippen LogP contribution is 2.34. The van der Waals surface area contributed by atoms with Gasteiger partial charge in [0.25, 0.3) is 0 Å². The van der Waals surface area contributed by atoms with Crippen LogP contribution >= 0.6 is 0 Å². The predicted octanol–water partition coefficient (Wildman–Crippen LogP) is 5.43. The molecule has 168 valence electrons. The van der Waals surface area contributed by atoms with Crippen LogP contribution in [0.2, 0.25) is 0 Å². The first kappa shape index (κ1) is 22.3. The minimum Gasteiger partial charge on any atom is -0.439 e. The number of benzene rings is 2. The molecule has 32 heavy (non-hydrogen) atoms. The average Bonchev–Trinajstić information content (AvgIpc) is 3.55. The van der Waals surface area contributed by atoms with E-state index >= 15 is 0 Å². The molecule has 3 aromatic rings. The van der Waals surface area contributed by atoms with Gasteiger partial charge in [0.2, 0.25) is 5.88 Å². The summed E-state index contributed by atoms with van der Waals surface area (Å²) in [5, 5.41) is 15.5. The third kappa shape index (κ3) is 5.47. The van der Waals surface area contributed by atoms with Gasteiger partial charge in [-0.15, -0.1) is 6.58 Å². The molecule has 0 saturated heterocycles. The number of ether oxygens (including phenoxy) is 1. The van der Waals surface area contributed by atoms with Crippen LogP contribution in [0.5, 0.6) is 11.6 Å². The summed E-state index contributed by atoms with van der Waals surface area (Å²) in [5.41, 5.74) is 3.16. The first-order valence-electron chi connectivity index (χ1n) is 11.3. The molecule has 1 aliphatic carbocycles. The lowest BCUT2D eigenvalue weighted by molar-refractivity contribution is 0.0565. The molecule has 0 aliphatic heterocycles. The SMILES string of the molecule is C=CC(C)(O)CN(Cc1c(C)nn(-c2ccccc2)c1Oc1ccc(C)cc1)CC1CC1. The fraction of sp³-hybridized carbons (Fsp3) is 0.370. The Hall–Kier alpha value is -2.89. The standard InChI is InChI=1S/C27H33N3O2/c1-5-27(4,31)19-29(17-22-13-14-22)18-25-21(3)28-30(23-9-7-6-8-10-23)26(25)32-24-15-11-20(2)12-16-24/h5-12,15-16,22,31H,1,13-14,17-19H2,2-4H3. The maximum atomic E-state index is 10.7. The van der Waals surface area contributed by atoms with E-state index in [4.69, 9.17) is 9.84 Å². The summed E-state index contributed by atoms with van der Waals surface area (Å²) in [4.78, 5) is 2.31. The van der Waals surface area contributed by atoms with Gasteiger partial charge in [-0.3, -0.25) is 4.90 Å². The van der Waals surface area contributed by atoms with E-state index < -0.39 is 5.60 Å². The van der Waals surface area contributed by atoms with Crippen LogP contribution in [0.1, 0.15) is 36.6 Å².